The van der Waals surface area contributed by atoms with Crippen LogP contribution in [0, 0.1) is 0 Å². The Morgan fingerprint density at radius 2 is 2.00 bits per heavy atom. The summed E-state index contributed by atoms with van der Waals surface area (Å²) >= 11 is 0. The Balaban J connectivity index is 1.58. The van der Waals surface area contributed by atoms with Crippen molar-refractivity contribution in [2.24, 2.45) is 0 Å². The fraction of sp³-hybridized carbons (Fsp3) is 0.286. The molecule has 3 aromatic rings. The van der Waals surface area contributed by atoms with Crippen LogP contribution in [-0.2, 0) is 24.3 Å². The van der Waals surface area contributed by atoms with Gasteiger partial charge in [-0.15, -0.1) is 0 Å². The molecule has 0 amide bonds. The van der Waals surface area contributed by atoms with Crippen molar-refractivity contribution in [1.82, 2.24) is 9.55 Å². The SMILES string of the molecule is COc1ccc(OC)c(COC(=O)c2ccc3c(=O)n4c(nc3c2)CCC4)c1. The number of methoxy groups -OCH3 is 2. The number of aromatic nitrogens is 2. The lowest BCUT2D eigenvalue weighted by atomic mass is 10.1. The number of benzene rings is 2. The first-order valence-electron chi connectivity index (χ1n) is 9.02. The highest BCUT2D eigenvalue weighted by atomic mass is 16.5. The molecule has 1 aliphatic heterocycles. The minimum absolute atomic E-state index is 0.0392. The van der Waals surface area contributed by atoms with E-state index >= 15 is 0 Å². The van der Waals surface area contributed by atoms with Gasteiger partial charge in [0, 0.05) is 18.5 Å². The standard InChI is InChI=1S/C21H20N2O5/c1-26-15-6-8-18(27-2)14(10-15)12-28-21(25)13-5-7-16-17(11-13)22-19-4-3-9-23(19)20(16)24/h5-8,10-11H,3-4,9,12H2,1-2H3. The van der Waals surface area contributed by atoms with Crippen LogP contribution in [0.5, 0.6) is 11.5 Å². The molecule has 0 saturated heterocycles. The highest BCUT2D eigenvalue weighted by molar-refractivity contribution is 5.94. The van der Waals surface area contributed by atoms with Crippen molar-refractivity contribution in [2.45, 2.75) is 26.0 Å². The molecule has 1 aromatic heterocycles. The van der Waals surface area contributed by atoms with Gasteiger partial charge in [0.2, 0.25) is 0 Å². The second-order valence-corrected chi connectivity index (χ2v) is 6.57. The van der Waals surface area contributed by atoms with E-state index in [1.54, 1.807) is 55.2 Å². The number of hydrogen-bond acceptors (Lipinski definition) is 6. The Bertz CT molecular complexity index is 1120. The van der Waals surface area contributed by atoms with Crippen LogP contribution in [0.25, 0.3) is 10.9 Å². The Kier molecular flexibility index (Phi) is 4.73. The molecule has 7 heteroatoms. The lowest BCUT2D eigenvalue weighted by molar-refractivity contribution is 0.0470. The van der Waals surface area contributed by atoms with Crippen LogP contribution < -0.4 is 15.0 Å². The zero-order chi connectivity index (χ0) is 19.7. The highest BCUT2D eigenvalue weighted by Gasteiger charge is 2.18. The van der Waals surface area contributed by atoms with Gasteiger partial charge in [-0.05, 0) is 42.8 Å². The summed E-state index contributed by atoms with van der Waals surface area (Å²) in [5, 5.41) is 0.511. The molecular weight excluding hydrogens is 360 g/mol. The summed E-state index contributed by atoms with van der Waals surface area (Å²) in [6, 6.07) is 10.1. The van der Waals surface area contributed by atoms with Crippen LogP contribution in [0.1, 0.15) is 28.2 Å². The van der Waals surface area contributed by atoms with Gasteiger partial charge < -0.3 is 14.2 Å². The predicted molar refractivity (Wildman–Crippen MR) is 103 cm³/mol. The highest BCUT2D eigenvalue weighted by Crippen LogP contribution is 2.25. The first-order chi connectivity index (χ1) is 13.6. The number of carbonyl (C=O) groups is 1. The number of hydrogen-bond donors (Lipinski definition) is 0. The zero-order valence-electron chi connectivity index (χ0n) is 15.7. The van der Waals surface area contributed by atoms with Gasteiger partial charge in [-0.3, -0.25) is 9.36 Å². The summed E-state index contributed by atoms with van der Waals surface area (Å²) < 4.78 is 17.7. The van der Waals surface area contributed by atoms with Gasteiger partial charge in [-0.1, -0.05) is 0 Å². The average molecular weight is 380 g/mol. The van der Waals surface area contributed by atoms with E-state index in [1.165, 1.54) is 0 Å². The molecule has 28 heavy (non-hydrogen) atoms. The number of esters is 1. The predicted octanol–water partition coefficient (Wildman–Crippen LogP) is 2.72. The molecule has 0 bridgehead atoms. The van der Waals surface area contributed by atoms with Gasteiger partial charge in [0.05, 0.1) is 30.7 Å². The molecule has 0 saturated carbocycles. The second-order valence-electron chi connectivity index (χ2n) is 6.57. The summed E-state index contributed by atoms with van der Waals surface area (Å²) in [5.41, 5.74) is 1.51. The largest absolute Gasteiger partial charge is 0.497 e. The van der Waals surface area contributed by atoms with Crippen LogP contribution >= 0.6 is 0 Å². The Morgan fingerprint density at radius 3 is 2.79 bits per heavy atom. The van der Waals surface area contributed by atoms with E-state index in [-0.39, 0.29) is 12.2 Å². The Labute approximate surface area is 161 Å². The van der Waals surface area contributed by atoms with Crippen LogP contribution in [-0.4, -0.2) is 29.7 Å². The molecule has 0 N–H and O–H groups in total. The molecule has 4 rings (SSSR count). The van der Waals surface area contributed by atoms with E-state index in [0.717, 1.165) is 18.7 Å². The minimum Gasteiger partial charge on any atom is -0.497 e. The molecule has 2 aromatic carbocycles. The molecule has 2 heterocycles. The summed E-state index contributed by atoms with van der Waals surface area (Å²) in [7, 11) is 3.12. The molecule has 0 atom stereocenters. The molecule has 1 aliphatic rings. The number of rotatable bonds is 5. The number of aryl methyl sites for hydroxylation is 1. The maximum atomic E-state index is 12.5. The van der Waals surface area contributed by atoms with Gasteiger partial charge in [-0.25, -0.2) is 9.78 Å². The summed E-state index contributed by atoms with van der Waals surface area (Å²) in [6.45, 7) is 0.737. The fourth-order valence-electron chi connectivity index (χ4n) is 3.43. The van der Waals surface area contributed by atoms with Gasteiger partial charge in [-0.2, -0.15) is 0 Å². The van der Waals surface area contributed by atoms with Crippen molar-refractivity contribution in [3.63, 3.8) is 0 Å². The van der Waals surface area contributed by atoms with Crippen molar-refractivity contribution in [3.05, 3.63) is 63.7 Å². The third kappa shape index (κ3) is 3.19. The summed E-state index contributed by atoms with van der Waals surface area (Å²) in [6.07, 6.45) is 1.69. The van der Waals surface area contributed by atoms with E-state index in [1.807, 2.05) is 0 Å². The number of ether oxygens (including phenoxy) is 3. The molecular formula is C21H20N2O5. The molecule has 144 valence electrons. The van der Waals surface area contributed by atoms with Crippen LogP contribution in [0.3, 0.4) is 0 Å². The molecule has 7 nitrogen and oxygen atoms in total. The topological polar surface area (TPSA) is 79.7 Å². The van der Waals surface area contributed by atoms with E-state index in [9.17, 15) is 9.59 Å². The first-order valence-corrected chi connectivity index (χ1v) is 9.02. The first kappa shape index (κ1) is 18.0. The van der Waals surface area contributed by atoms with E-state index in [0.29, 0.717) is 40.1 Å². The van der Waals surface area contributed by atoms with E-state index < -0.39 is 5.97 Å². The minimum atomic E-state index is -0.492. The van der Waals surface area contributed by atoms with E-state index in [2.05, 4.69) is 4.98 Å². The smallest absolute Gasteiger partial charge is 0.338 e. The second kappa shape index (κ2) is 7.34. The fourth-order valence-corrected chi connectivity index (χ4v) is 3.43. The van der Waals surface area contributed by atoms with Crippen LogP contribution in [0.4, 0.5) is 0 Å². The lowest BCUT2D eigenvalue weighted by Crippen LogP contribution is -2.21. The normalized spacial score (nSPS) is 12.6. The third-order valence-corrected chi connectivity index (χ3v) is 4.90. The Hall–Kier alpha value is -3.35. The van der Waals surface area contributed by atoms with Crippen molar-refractivity contribution in [1.29, 1.82) is 0 Å². The molecule has 0 unspecified atom stereocenters. The van der Waals surface area contributed by atoms with Gasteiger partial charge in [0.25, 0.3) is 5.56 Å². The molecule has 0 aliphatic carbocycles. The van der Waals surface area contributed by atoms with Gasteiger partial charge in [0.15, 0.2) is 0 Å². The monoisotopic (exact) mass is 380 g/mol. The number of nitrogens with zero attached hydrogens (tertiary/aromatic N) is 2. The van der Waals surface area contributed by atoms with Crippen LogP contribution in [0.15, 0.2) is 41.2 Å². The average Bonchev–Trinajstić information content (AvgIpc) is 3.20. The quantitative estimate of drug-likeness (QED) is 0.633. The number of carbonyl (C=O) groups excluding carboxylic acids is 1. The zero-order valence-corrected chi connectivity index (χ0v) is 15.7. The van der Waals surface area contributed by atoms with Crippen LogP contribution in [0.2, 0.25) is 0 Å². The van der Waals surface area contributed by atoms with Crippen molar-refractivity contribution in [2.75, 3.05) is 14.2 Å². The van der Waals surface area contributed by atoms with Crippen molar-refractivity contribution >= 4 is 16.9 Å². The molecule has 0 spiro atoms. The van der Waals surface area contributed by atoms with Gasteiger partial charge >= 0.3 is 5.97 Å². The van der Waals surface area contributed by atoms with Crippen molar-refractivity contribution < 1.29 is 19.0 Å². The Morgan fingerprint density at radius 1 is 1.14 bits per heavy atom. The third-order valence-electron chi connectivity index (χ3n) is 4.90. The maximum Gasteiger partial charge on any atom is 0.338 e. The summed E-state index contributed by atoms with van der Waals surface area (Å²) in [5.74, 6) is 1.53. The maximum absolute atomic E-state index is 12.5. The number of fused-ring (bicyclic) bond motifs is 2. The summed E-state index contributed by atoms with van der Waals surface area (Å²) in [4.78, 5) is 29.6. The molecule has 0 fully saturated rings. The van der Waals surface area contributed by atoms with Gasteiger partial charge in [0.1, 0.15) is 23.9 Å². The van der Waals surface area contributed by atoms with Crippen molar-refractivity contribution in [3.8, 4) is 11.5 Å². The molecule has 0 radical (unpaired) electrons. The van der Waals surface area contributed by atoms with E-state index in [4.69, 9.17) is 14.2 Å². The lowest BCUT2D eigenvalue weighted by Gasteiger charge is -2.11.